The van der Waals surface area contributed by atoms with Crippen molar-refractivity contribution in [2.45, 2.75) is 37.6 Å². The van der Waals surface area contributed by atoms with Crippen molar-refractivity contribution in [3.63, 3.8) is 0 Å². The molecular weight excluding hydrogens is 347 g/mol. The highest BCUT2D eigenvalue weighted by molar-refractivity contribution is 7.46. The maximum atomic E-state index is 12.0. The lowest BCUT2D eigenvalue weighted by molar-refractivity contribution is -0.0832. The fourth-order valence-electron chi connectivity index (χ4n) is 2.69. The number of nitrogens with one attached hydrogen (secondary N) is 1. The molecule has 0 amide bonds. The molecule has 2 heterocycles. The highest BCUT2D eigenvalue weighted by Gasteiger charge is 2.50. The van der Waals surface area contributed by atoms with Crippen molar-refractivity contribution in [3.8, 4) is 0 Å². The van der Waals surface area contributed by atoms with E-state index in [0.717, 1.165) is 10.6 Å². The Morgan fingerprint density at radius 3 is 2.42 bits per heavy atom. The van der Waals surface area contributed by atoms with Crippen molar-refractivity contribution in [1.82, 2.24) is 9.55 Å². The van der Waals surface area contributed by atoms with Crippen molar-refractivity contribution in [3.05, 3.63) is 33.1 Å². The molecule has 5 atom stereocenters. The highest BCUT2D eigenvalue weighted by atomic mass is 31.2. The molecule has 24 heavy (non-hydrogen) atoms. The molecule has 12 heteroatoms. The van der Waals surface area contributed by atoms with E-state index in [4.69, 9.17) is 24.0 Å². The largest absolute Gasteiger partial charge is 0.469 e. The Morgan fingerprint density at radius 2 is 1.92 bits per heavy atom. The van der Waals surface area contributed by atoms with Gasteiger partial charge in [0.2, 0.25) is 0 Å². The summed E-state index contributed by atoms with van der Waals surface area (Å²) in [7, 11) is -1.99. The van der Waals surface area contributed by atoms with Crippen molar-refractivity contribution in [2.24, 2.45) is 0 Å². The Balaban J connectivity index is 2.35. The minimum atomic E-state index is -4.74. The van der Waals surface area contributed by atoms with Crippen LogP contribution >= 0.6 is 7.82 Å². The van der Waals surface area contributed by atoms with Gasteiger partial charge in [0.15, 0.2) is 6.23 Å². The molecule has 0 spiro atoms. The number of hydrogen-bond acceptors (Lipinski definition) is 7. The number of aromatic nitrogens is 2. The zero-order valence-corrected chi connectivity index (χ0v) is 14.1. The van der Waals surface area contributed by atoms with Gasteiger partial charge in [-0.2, -0.15) is 0 Å². The smallest absolute Gasteiger partial charge is 0.376 e. The summed E-state index contributed by atoms with van der Waals surface area (Å²) in [6, 6.07) is 1.14. The molecule has 0 aromatic carbocycles. The van der Waals surface area contributed by atoms with Gasteiger partial charge in [0.1, 0.15) is 18.3 Å². The van der Waals surface area contributed by atoms with Crippen molar-refractivity contribution in [2.75, 3.05) is 14.2 Å². The van der Waals surface area contributed by atoms with Gasteiger partial charge in [0, 0.05) is 26.5 Å². The van der Waals surface area contributed by atoms with Gasteiger partial charge in [-0.05, 0) is 6.92 Å². The molecule has 2 unspecified atom stereocenters. The van der Waals surface area contributed by atoms with Crippen LogP contribution in [-0.4, -0.2) is 58.0 Å². The van der Waals surface area contributed by atoms with E-state index in [0.29, 0.717) is 0 Å². The maximum Gasteiger partial charge on any atom is 0.469 e. The van der Waals surface area contributed by atoms with E-state index in [2.05, 4.69) is 9.51 Å². The molecule has 0 radical (unpaired) electrons. The standard InChI is InChI=1S/C12H19N2O9P/c1-6(23-24(17,18)19)8-9(20-2)10(21-3)11(22-8)14-5-4-7(15)13-12(14)16/h4-6,8-11H,1-3H3,(H,13,15,16)(H2,17,18,19)/t6?,8-,9?,10+,11-/m1/s1. The highest BCUT2D eigenvalue weighted by Crippen LogP contribution is 2.42. The first kappa shape index (κ1) is 19.0. The normalized spacial score (nSPS) is 28.9. The second-order valence-corrected chi connectivity index (χ2v) is 6.40. The summed E-state index contributed by atoms with van der Waals surface area (Å²) < 4.78 is 33.1. The number of aromatic amines is 1. The SMILES string of the molecule is COC1[C@@H](C(C)OP(=O)(O)O)O[C@@H](n2ccc(=O)[nH]c2=O)[C@H]1OC. The van der Waals surface area contributed by atoms with E-state index in [1.807, 2.05) is 0 Å². The molecule has 1 aliphatic rings. The van der Waals surface area contributed by atoms with Crippen molar-refractivity contribution in [1.29, 1.82) is 0 Å². The zero-order chi connectivity index (χ0) is 18.1. The molecule has 1 aromatic heterocycles. The maximum absolute atomic E-state index is 12.0. The van der Waals surface area contributed by atoms with Gasteiger partial charge in [0.05, 0.1) is 6.10 Å². The van der Waals surface area contributed by atoms with Crippen LogP contribution in [0.3, 0.4) is 0 Å². The van der Waals surface area contributed by atoms with Gasteiger partial charge in [-0.15, -0.1) is 0 Å². The number of H-pyrrole nitrogens is 1. The lowest BCUT2D eigenvalue weighted by Gasteiger charge is -2.25. The predicted molar refractivity (Wildman–Crippen MR) is 79.4 cm³/mol. The fourth-order valence-corrected chi connectivity index (χ4v) is 3.24. The van der Waals surface area contributed by atoms with Gasteiger partial charge in [0.25, 0.3) is 5.56 Å². The number of hydrogen-bond donors (Lipinski definition) is 3. The summed E-state index contributed by atoms with van der Waals surface area (Å²) in [6.45, 7) is 1.40. The molecule has 1 saturated heterocycles. The molecular formula is C12H19N2O9P. The zero-order valence-electron chi connectivity index (χ0n) is 13.2. The van der Waals surface area contributed by atoms with Crippen LogP contribution in [0.2, 0.25) is 0 Å². The molecule has 1 aromatic rings. The Morgan fingerprint density at radius 1 is 1.29 bits per heavy atom. The minimum Gasteiger partial charge on any atom is -0.376 e. The van der Waals surface area contributed by atoms with Crippen LogP contribution in [0.1, 0.15) is 13.2 Å². The Kier molecular flexibility index (Phi) is 5.76. The van der Waals surface area contributed by atoms with Crippen molar-refractivity contribution >= 4 is 7.82 Å². The van der Waals surface area contributed by atoms with Gasteiger partial charge in [-0.1, -0.05) is 0 Å². The molecule has 2 rings (SSSR count). The number of phosphoric acid groups is 1. The fraction of sp³-hybridized carbons (Fsp3) is 0.667. The lowest BCUT2D eigenvalue weighted by atomic mass is 10.1. The molecule has 0 aliphatic carbocycles. The summed E-state index contributed by atoms with van der Waals surface area (Å²) in [5, 5.41) is 0. The molecule has 136 valence electrons. The van der Waals surface area contributed by atoms with E-state index in [9.17, 15) is 14.2 Å². The number of nitrogens with zero attached hydrogens (tertiary/aromatic N) is 1. The van der Waals surface area contributed by atoms with E-state index in [1.165, 1.54) is 27.3 Å². The lowest BCUT2D eigenvalue weighted by Crippen LogP contribution is -2.41. The second-order valence-electron chi connectivity index (χ2n) is 5.21. The first-order valence-electron chi connectivity index (χ1n) is 6.94. The predicted octanol–water partition coefficient (Wildman–Crippen LogP) is -1.04. The van der Waals surface area contributed by atoms with Crippen LogP contribution in [0.25, 0.3) is 0 Å². The Bertz CT molecular complexity index is 726. The van der Waals surface area contributed by atoms with E-state index < -0.39 is 49.7 Å². The molecule has 3 N–H and O–H groups in total. The Labute approximate surface area is 136 Å². The van der Waals surface area contributed by atoms with E-state index in [1.54, 1.807) is 0 Å². The quantitative estimate of drug-likeness (QED) is 0.537. The van der Waals surface area contributed by atoms with Crippen molar-refractivity contribution < 1.29 is 33.1 Å². The van der Waals surface area contributed by atoms with E-state index >= 15 is 0 Å². The number of ether oxygens (including phenoxy) is 3. The molecule has 11 nitrogen and oxygen atoms in total. The molecule has 0 saturated carbocycles. The third-order valence-electron chi connectivity index (χ3n) is 3.66. The number of rotatable bonds is 6. The van der Waals surface area contributed by atoms with E-state index in [-0.39, 0.29) is 0 Å². The van der Waals surface area contributed by atoms with Gasteiger partial charge >= 0.3 is 13.5 Å². The van der Waals surface area contributed by atoms with Crippen LogP contribution in [0.15, 0.2) is 21.9 Å². The topological polar surface area (TPSA) is 149 Å². The first-order chi connectivity index (χ1) is 11.2. The number of phosphoric ester groups is 1. The average Bonchev–Trinajstić information content (AvgIpc) is 2.83. The van der Waals surface area contributed by atoms with Crippen LogP contribution in [-0.2, 0) is 23.3 Å². The summed E-state index contributed by atoms with van der Waals surface area (Å²) in [5.41, 5.74) is -1.28. The average molecular weight is 366 g/mol. The monoisotopic (exact) mass is 366 g/mol. The summed E-state index contributed by atoms with van der Waals surface area (Å²) in [5.74, 6) is 0. The Hall–Kier alpha value is -1.33. The van der Waals surface area contributed by atoms with Crippen LogP contribution < -0.4 is 11.2 Å². The van der Waals surface area contributed by atoms with Crippen LogP contribution in [0.5, 0.6) is 0 Å². The summed E-state index contributed by atoms with van der Waals surface area (Å²) in [6.07, 6.45) is -3.24. The van der Waals surface area contributed by atoms with Gasteiger partial charge in [-0.3, -0.25) is 18.9 Å². The second kappa shape index (κ2) is 7.28. The molecule has 1 aliphatic heterocycles. The van der Waals surface area contributed by atoms with Crippen LogP contribution in [0, 0.1) is 0 Å². The third kappa shape index (κ3) is 4.01. The summed E-state index contributed by atoms with van der Waals surface area (Å²) in [4.78, 5) is 43.2. The molecule has 1 fully saturated rings. The third-order valence-corrected chi connectivity index (χ3v) is 4.27. The molecule has 0 bridgehead atoms. The number of methoxy groups -OCH3 is 2. The minimum absolute atomic E-state index is 0.568. The van der Waals surface area contributed by atoms with Gasteiger partial charge < -0.3 is 24.0 Å². The summed E-state index contributed by atoms with van der Waals surface area (Å²) >= 11 is 0. The van der Waals surface area contributed by atoms with Gasteiger partial charge in [-0.25, -0.2) is 9.36 Å². The first-order valence-corrected chi connectivity index (χ1v) is 8.47. The van der Waals surface area contributed by atoms with Crippen LogP contribution in [0.4, 0.5) is 0 Å².